The lowest BCUT2D eigenvalue weighted by Crippen LogP contribution is -2.26. The van der Waals surface area contributed by atoms with Gasteiger partial charge < -0.3 is 14.7 Å². The van der Waals surface area contributed by atoms with Crippen LogP contribution in [0, 0.1) is 0 Å². The van der Waals surface area contributed by atoms with Crippen LogP contribution in [-0.4, -0.2) is 35.7 Å². The molecule has 0 bridgehead atoms. The summed E-state index contributed by atoms with van der Waals surface area (Å²) < 4.78 is 4.86. The molecule has 0 aromatic carbocycles. The van der Waals surface area contributed by atoms with Crippen LogP contribution < -0.4 is 0 Å². The third-order valence-electron chi connectivity index (χ3n) is 2.06. The van der Waals surface area contributed by atoms with E-state index in [0.29, 0.717) is 13.2 Å². The average Bonchev–Trinajstić information content (AvgIpc) is 2.74. The van der Waals surface area contributed by atoms with E-state index in [2.05, 4.69) is 0 Å². The Morgan fingerprint density at radius 3 is 2.89 bits per heavy atom. The van der Waals surface area contributed by atoms with Crippen LogP contribution in [0.25, 0.3) is 6.08 Å². The molecule has 0 radical (unpaired) electrons. The lowest BCUT2D eigenvalue weighted by molar-refractivity contribution is -0.131. The largest absolute Gasteiger partial charge is 0.478 e. The van der Waals surface area contributed by atoms with Gasteiger partial charge >= 0.3 is 12.1 Å². The van der Waals surface area contributed by atoms with Crippen molar-refractivity contribution in [1.82, 2.24) is 4.90 Å². The molecular weight excluding hydrogens is 254 g/mol. The van der Waals surface area contributed by atoms with Crippen molar-refractivity contribution in [2.45, 2.75) is 13.5 Å². The topological polar surface area (TPSA) is 66.8 Å². The Balaban J connectivity index is 2.58. The summed E-state index contributed by atoms with van der Waals surface area (Å²) >= 11 is 1.43. The lowest BCUT2D eigenvalue weighted by Gasteiger charge is -2.15. The summed E-state index contributed by atoms with van der Waals surface area (Å²) in [5.74, 6) is -0.978. The van der Waals surface area contributed by atoms with Gasteiger partial charge in [-0.05, 0) is 30.0 Å². The fourth-order valence-electron chi connectivity index (χ4n) is 1.29. The normalized spacial score (nSPS) is 10.6. The van der Waals surface area contributed by atoms with E-state index in [1.54, 1.807) is 14.0 Å². The first kappa shape index (κ1) is 14.2. The van der Waals surface area contributed by atoms with Crippen molar-refractivity contribution in [3.8, 4) is 0 Å². The van der Waals surface area contributed by atoms with Gasteiger partial charge in [-0.1, -0.05) is 0 Å². The molecule has 1 heterocycles. The molecule has 1 rings (SSSR count). The minimum atomic E-state index is -0.978. The number of amides is 1. The van der Waals surface area contributed by atoms with Gasteiger partial charge in [0.2, 0.25) is 0 Å². The molecule has 0 fully saturated rings. The summed E-state index contributed by atoms with van der Waals surface area (Å²) in [5, 5.41) is 10.4. The van der Waals surface area contributed by atoms with E-state index >= 15 is 0 Å². The highest BCUT2D eigenvalue weighted by Gasteiger charge is 2.10. The second-order valence-corrected chi connectivity index (χ2v) is 4.53. The second-order valence-electron chi connectivity index (χ2n) is 3.58. The molecule has 0 unspecified atom stereocenters. The zero-order valence-electron chi connectivity index (χ0n) is 10.3. The number of carbonyl (C=O) groups excluding carboxylic acids is 1. The molecule has 6 heteroatoms. The number of carbonyl (C=O) groups is 2. The van der Waals surface area contributed by atoms with E-state index in [4.69, 9.17) is 9.84 Å². The molecule has 0 aliphatic carbocycles. The first-order chi connectivity index (χ1) is 8.52. The highest BCUT2D eigenvalue weighted by molar-refractivity contribution is 7.11. The average molecular weight is 269 g/mol. The monoisotopic (exact) mass is 269 g/mol. The van der Waals surface area contributed by atoms with Crippen molar-refractivity contribution in [1.29, 1.82) is 0 Å². The van der Waals surface area contributed by atoms with Gasteiger partial charge in [0, 0.05) is 24.5 Å². The third-order valence-corrected chi connectivity index (χ3v) is 3.01. The molecule has 0 aliphatic heterocycles. The first-order valence-electron chi connectivity index (χ1n) is 5.39. The van der Waals surface area contributed by atoms with Gasteiger partial charge in [0.1, 0.15) is 0 Å². The number of ether oxygens (including phenoxy) is 1. The van der Waals surface area contributed by atoms with Crippen molar-refractivity contribution in [2.75, 3.05) is 13.7 Å². The number of nitrogens with zero attached hydrogens (tertiary/aromatic N) is 1. The second kappa shape index (κ2) is 6.80. The Bertz CT molecular complexity index is 453. The molecule has 0 saturated carbocycles. The smallest absolute Gasteiger partial charge is 0.409 e. The number of thiophene rings is 1. The molecule has 98 valence electrons. The Labute approximate surface area is 109 Å². The fourth-order valence-corrected chi connectivity index (χ4v) is 2.09. The summed E-state index contributed by atoms with van der Waals surface area (Å²) in [4.78, 5) is 24.1. The summed E-state index contributed by atoms with van der Waals surface area (Å²) in [6.45, 7) is 2.54. The van der Waals surface area contributed by atoms with Crippen LogP contribution >= 0.6 is 11.3 Å². The van der Waals surface area contributed by atoms with Crippen LogP contribution in [0.5, 0.6) is 0 Å². The highest BCUT2D eigenvalue weighted by atomic mass is 32.1. The quantitative estimate of drug-likeness (QED) is 0.834. The minimum Gasteiger partial charge on any atom is -0.478 e. The van der Waals surface area contributed by atoms with Crippen LogP contribution in [0.1, 0.15) is 17.4 Å². The Morgan fingerprint density at radius 1 is 1.56 bits per heavy atom. The predicted octanol–water partition coefficient (Wildman–Crippen LogP) is 2.43. The molecule has 5 nitrogen and oxygen atoms in total. The first-order valence-corrected chi connectivity index (χ1v) is 6.27. The minimum absolute atomic E-state index is 0.347. The summed E-state index contributed by atoms with van der Waals surface area (Å²) in [7, 11) is 1.66. The van der Waals surface area contributed by atoms with Gasteiger partial charge in [-0.3, -0.25) is 0 Å². The number of rotatable bonds is 5. The van der Waals surface area contributed by atoms with Crippen LogP contribution in [0.4, 0.5) is 4.79 Å². The summed E-state index contributed by atoms with van der Waals surface area (Å²) in [6.07, 6.45) is 2.25. The van der Waals surface area contributed by atoms with Crippen LogP contribution in [0.2, 0.25) is 0 Å². The lowest BCUT2D eigenvalue weighted by atomic mass is 10.3. The van der Waals surface area contributed by atoms with Crippen molar-refractivity contribution < 1.29 is 19.4 Å². The molecule has 1 N–H and O–H groups in total. The van der Waals surface area contributed by atoms with Gasteiger partial charge in [0.15, 0.2) is 0 Å². The maximum atomic E-state index is 11.4. The molecular formula is C12H15NO4S. The Kier molecular flexibility index (Phi) is 5.38. The Hall–Kier alpha value is -1.82. The van der Waals surface area contributed by atoms with E-state index in [0.717, 1.165) is 16.5 Å². The molecule has 0 saturated heterocycles. The highest BCUT2D eigenvalue weighted by Crippen LogP contribution is 2.17. The van der Waals surface area contributed by atoms with E-state index in [1.165, 1.54) is 22.3 Å². The zero-order chi connectivity index (χ0) is 13.5. The maximum absolute atomic E-state index is 11.4. The number of carboxylic acid groups (broad SMARTS) is 1. The van der Waals surface area contributed by atoms with Gasteiger partial charge in [0.25, 0.3) is 0 Å². The number of hydrogen-bond acceptors (Lipinski definition) is 4. The van der Waals surface area contributed by atoms with Gasteiger partial charge in [-0.2, -0.15) is 0 Å². The number of carboxylic acids is 1. The van der Waals surface area contributed by atoms with Gasteiger partial charge in [0.05, 0.1) is 6.61 Å². The molecule has 0 atom stereocenters. The van der Waals surface area contributed by atoms with E-state index in [-0.39, 0.29) is 6.09 Å². The molecule has 18 heavy (non-hydrogen) atoms. The molecule has 0 aliphatic rings. The maximum Gasteiger partial charge on any atom is 0.409 e. The van der Waals surface area contributed by atoms with Crippen LogP contribution in [0.3, 0.4) is 0 Å². The molecule has 0 spiro atoms. The van der Waals surface area contributed by atoms with Crippen molar-refractivity contribution in [2.24, 2.45) is 0 Å². The van der Waals surface area contributed by atoms with Crippen molar-refractivity contribution in [3.63, 3.8) is 0 Å². The van der Waals surface area contributed by atoms with Gasteiger partial charge in [-0.25, -0.2) is 9.59 Å². The van der Waals surface area contributed by atoms with Crippen LogP contribution in [0.15, 0.2) is 17.5 Å². The van der Waals surface area contributed by atoms with Gasteiger partial charge in [-0.15, -0.1) is 11.3 Å². The van der Waals surface area contributed by atoms with E-state index in [9.17, 15) is 9.59 Å². The Morgan fingerprint density at radius 2 is 2.28 bits per heavy atom. The van der Waals surface area contributed by atoms with E-state index in [1.807, 2.05) is 11.4 Å². The van der Waals surface area contributed by atoms with Crippen molar-refractivity contribution in [3.05, 3.63) is 28.0 Å². The number of hydrogen-bond donors (Lipinski definition) is 1. The van der Waals surface area contributed by atoms with Crippen molar-refractivity contribution >= 4 is 29.5 Å². The fraction of sp³-hybridized carbons (Fsp3) is 0.333. The van der Waals surface area contributed by atoms with E-state index < -0.39 is 5.97 Å². The number of aliphatic carboxylic acids is 1. The molecule has 1 amide bonds. The molecule has 1 aromatic heterocycles. The molecule has 1 aromatic rings. The van der Waals surface area contributed by atoms with Crippen LogP contribution in [-0.2, 0) is 16.1 Å². The zero-order valence-corrected chi connectivity index (χ0v) is 11.1. The summed E-state index contributed by atoms with van der Waals surface area (Å²) in [6, 6.07) is 1.85. The summed E-state index contributed by atoms with van der Waals surface area (Å²) in [5.41, 5.74) is 0.945. The SMILES string of the molecule is CCOC(=O)N(C)Cc1csc(/C=C/C(=O)O)c1. The standard InChI is InChI=1S/C12H15NO4S/c1-3-17-12(16)13(2)7-9-6-10(18-8-9)4-5-11(14)15/h4-6,8H,3,7H2,1-2H3,(H,14,15)/b5-4+. The third kappa shape index (κ3) is 4.58. The predicted molar refractivity (Wildman–Crippen MR) is 69.5 cm³/mol.